The fourth-order valence-corrected chi connectivity index (χ4v) is 2.00. The van der Waals surface area contributed by atoms with Crippen molar-refractivity contribution in [3.8, 4) is 5.75 Å². The number of hydrogen-bond acceptors (Lipinski definition) is 5. The number of nitrogens with zero attached hydrogens (tertiary/aromatic N) is 1. The molecule has 0 aliphatic carbocycles. The van der Waals surface area contributed by atoms with E-state index < -0.39 is 11.7 Å². The van der Waals surface area contributed by atoms with Crippen LogP contribution in [0.15, 0.2) is 24.3 Å². The predicted octanol–water partition coefficient (Wildman–Crippen LogP) is 1.10. The van der Waals surface area contributed by atoms with Gasteiger partial charge in [-0.15, -0.1) is 0 Å². The van der Waals surface area contributed by atoms with Crippen LogP contribution in [0.25, 0.3) is 0 Å². The summed E-state index contributed by atoms with van der Waals surface area (Å²) in [5.41, 5.74) is 5.52. The maximum absolute atomic E-state index is 10.00. The van der Waals surface area contributed by atoms with E-state index in [4.69, 9.17) is 10.5 Å². The number of anilines is 1. The third-order valence-electron chi connectivity index (χ3n) is 2.83. The van der Waals surface area contributed by atoms with Crippen molar-refractivity contribution < 1.29 is 14.9 Å². The second kappa shape index (κ2) is 7.47. The molecule has 1 rings (SSSR count). The summed E-state index contributed by atoms with van der Waals surface area (Å²) in [7, 11) is 0. The molecule has 114 valence electrons. The lowest BCUT2D eigenvalue weighted by Gasteiger charge is -2.29. The van der Waals surface area contributed by atoms with E-state index >= 15 is 0 Å². The van der Waals surface area contributed by atoms with Crippen molar-refractivity contribution in [3.63, 3.8) is 0 Å². The monoisotopic (exact) mass is 282 g/mol. The van der Waals surface area contributed by atoms with Gasteiger partial charge in [-0.05, 0) is 32.5 Å². The van der Waals surface area contributed by atoms with E-state index in [0.717, 1.165) is 6.54 Å². The van der Waals surface area contributed by atoms with Crippen molar-refractivity contribution in [2.24, 2.45) is 0 Å². The normalized spacial score (nSPS) is 13.5. The Balaban J connectivity index is 2.40. The molecule has 20 heavy (non-hydrogen) atoms. The molecule has 0 radical (unpaired) electrons. The molecular formula is C15H26N2O3. The summed E-state index contributed by atoms with van der Waals surface area (Å²) in [5, 5.41) is 19.8. The number of hydrogen-bond donors (Lipinski definition) is 3. The van der Waals surface area contributed by atoms with Gasteiger partial charge in [0.25, 0.3) is 0 Å². The second-order valence-electron chi connectivity index (χ2n) is 5.68. The summed E-state index contributed by atoms with van der Waals surface area (Å²) in [6.45, 7) is 7.45. The molecule has 0 aliphatic heterocycles. The molecule has 0 heterocycles. The molecule has 0 spiro atoms. The zero-order valence-electron chi connectivity index (χ0n) is 12.5. The first kappa shape index (κ1) is 16.8. The van der Waals surface area contributed by atoms with Gasteiger partial charge in [0.15, 0.2) is 0 Å². The van der Waals surface area contributed by atoms with E-state index in [1.807, 2.05) is 17.9 Å². The van der Waals surface area contributed by atoms with Crippen LogP contribution in [0.4, 0.5) is 5.69 Å². The largest absolute Gasteiger partial charge is 0.491 e. The molecule has 0 aromatic heterocycles. The summed E-state index contributed by atoms with van der Waals surface area (Å²) >= 11 is 0. The Labute approximate surface area is 121 Å². The first-order valence-corrected chi connectivity index (χ1v) is 6.91. The zero-order chi connectivity index (χ0) is 15.2. The fraction of sp³-hybridized carbons (Fsp3) is 0.600. The van der Waals surface area contributed by atoms with Crippen molar-refractivity contribution in [1.29, 1.82) is 0 Å². The molecule has 0 saturated heterocycles. The molecule has 0 saturated carbocycles. The van der Waals surface area contributed by atoms with Gasteiger partial charge in [0.1, 0.15) is 18.5 Å². The summed E-state index contributed by atoms with van der Waals surface area (Å²) in [4.78, 5) is 1.99. The molecule has 1 aromatic rings. The van der Waals surface area contributed by atoms with Gasteiger partial charge in [0, 0.05) is 24.8 Å². The van der Waals surface area contributed by atoms with Crippen LogP contribution in [-0.4, -0.2) is 53.1 Å². The lowest BCUT2D eigenvalue weighted by atomic mass is 10.1. The Morgan fingerprint density at radius 1 is 1.40 bits per heavy atom. The molecule has 0 aliphatic rings. The van der Waals surface area contributed by atoms with Crippen LogP contribution in [0.1, 0.15) is 20.8 Å². The lowest BCUT2D eigenvalue weighted by Crippen LogP contribution is -2.43. The van der Waals surface area contributed by atoms with Crippen LogP contribution in [0.2, 0.25) is 0 Å². The maximum atomic E-state index is 10.00. The first-order valence-electron chi connectivity index (χ1n) is 6.91. The standard InChI is InChI=1S/C15H26N2O3/c1-4-17(11-15(2,3)19)9-13(18)10-20-14-7-5-6-12(16)8-14/h5-8,13,18-19H,4,9-11,16H2,1-3H3. The minimum atomic E-state index is -0.773. The number of aliphatic hydroxyl groups excluding tert-OH is 1. The highest BCUT2D eigenvalue weighted by Crippen LogP contribution is 2.14. The molecule has 0 bridgehead atoms. The van der Waals surface area contributed by atoms with Gasteiger partial charge < -0.3 is 20.7 Å². The van der Waals surface area contributed by atoms with Gasteiger partial charge >= 0.3 is 0 Å². The van der Waals surface area contributed by atoms with Gasteiger partial charge in [-0.25, -0.2) is 0 Å². The Kier molecular flexibility index (Phi) is 6.26. The molecule has 0 amide bonds. The third-order valence-corrected chi connectivity index (χ3v) is 2.83. The van der Waals surface area contributed by atoms with Crippen LogP contribution in [0.3, 0.4) is 0 Å². The highest BCUT2D eigenvalue weighted by atomic mass is 16.5. The van der Waals surface area contributed by atoms with E-state index in [9.17, 15) is 10.2 Å². The van der Waals surface area contributed by atoms with Gasteiger partial charge in [-0.3, -0.25) is 4.90 Å². The smallest absolute Gasteiger partial charge is 0.121 e. The van der Waals surface area contributed by atoms with Gasteiger partial charge in [0.2, 0.25) is 0 Å². The third kappa shape index (κ3) is 6.75. The minimum Gasteiger partial charge on any atom is -0.491 e. The topological polar surface area (TPSA) is 79.0 Å². The zero-order valence-corrected chi connectivity index (χ0v) is 12.5. The summed E-state index contributed by atoms with van der Waals surface area (Å²) in [5.74, 6) is 0.648. The highest BCUT2D eigenvalue weighted by molar-refractivity contribution is 5.43. The van der Waals surface area contributed by atoms with Crippen molar-refractivity contribution in [2.45, 2.75) is 32.5 Å². The fourth-order valence-electron chi connectivity index (χ4n) is 2.00. The Bertz CT molecular complexity index is 404. The predicted molar refractivity (Wildman–Crippen MR) is 80.8 cm³/mol. The van der Waals surface area contributed by atoms with Crippen LogP contribution in [0.5, 0.6) is 5.75 Å². The molecule has 1 aromatic carbocycles. The average Bonchev–Trinajstić information content (AvgIpc) is 2.34. The number of ether oxygens (including phenoxy) is 1. The van der Waals surface area contributed by atoms with Crippen LogP contribution >= 0.6 is 0 Å². The van der Waals surface area contributed by atoms with Crippen molar-refractivity contribution in [1.82, 2.24) is 4.90 Å². The maximum Gasteiger partial charge on any atom is 0.121 e. The summed E-state index contributed by atoms with van der Waals surface area (Å²) in [6.07, 6.45) is -0.612. The number of nitrogens with two attached hydrogens (primary N) is 1. The van der Waals surface area contributed by atoms with E-state index in [1.165, 1.54) is 0 Å². The van der Waals surface area contributed by atoms with Crippen LogP contribution in [-0.2, 0) is 0 Å². The van der Waals surface area contributed by atoms with Crippen LogP contribution in [0, 0.1) is 0 Å². The number of aliphatic hydroxyl groups is 2. The Morgan fingerprint density at radius 2 is 2.10 bits per heavy atom. The second-order valence-corrected chi connectivity index (χ2v) is 5.68. The molecular weight excluding hydrogens is 256 g/mol. The van der Waals surface area contributed by atoms with E-state index in [1.54, 1.807) is 32.0 Å². The summed E-state index contributed by atoms with van der Waals surface area (Å²) < 4.78 is 5.50. The van der Waals surface area contributed by atoms with Gasteiger partial charge in [0.05, 0.1) is 5.60 Å². The molecule has 0 fully saturated rings. The van der Waals surface area contributed by atoms with E-state index in [0.29, 0.717) is 24.5 Å². The van der Waals surface area contributed by atoms with Crippen molar-refractivity contribution >= 4 is 5.69 Å². The van der Waals surface area contributed by atoms with Gasteiger partial charge in [-0.2, -0.15) is 0 Å². The molecule has 5 heteroatoms. The van der Waals surface area contributed by atoms with E-state index in [2.05, 4.69) is 0 Å². The van der Waals surface area contributed by atoms with E-state index in [-0.39, 0.29) is 6.61 Å². The number of rotatable bonds is 8. The van der Waals surface area contributed by atoms with Crippen molar-refractivity contribution in [3.05, 3.63) is 24.3 Å². The number of benzene rings is 1. The Morgan fingerprint density at radius 3 is 2.65 bits per heavy atom. The molecule has 1 unspecified atom stereocenters. The minimum absolute atomic E-state index is 0.200. The summed E-state index contributed by atoms with van der Waals surface area (Å²) in [6, 6.07) is 7.12. The molecule has 5 nitrogen and oxygen atoms in total. The molecule has 1 atom stereocenters. The lowest BCUT2D eigenvalue weighted by molar-refractivity contribution is 0.0115. The quantitative estimate of drug-likeness (QED) is 0.622. The number of likely N-dealkylation sites (N-methyl/N-ethyl adjacent to an activating group) is 1. The molecule has 4 N–H and O–H groups in total. The van der Waals surface area contributed by atoms with Crippen molar-refractivity contribution in [2.75, 3.05) is 32.0 Å². The first-order chi connectivity index (χ1) is 9.30. The highest BCUT2D eigenvalue weighted by Gasteiger charge is 2.19. The van der Waals surface area contributed by atoms with Gasteiger partial charge in [-0.1, -0.05) is 13.0 Å². The number of nitrogen functional groups attached to an aromatic ring is 1. The Hall–Kier alpha value is -1.30. The average molecular weight is 282 g/mol. The van der Waals surface area contributed by atoms with Crippen LogP contribution < -0.4 is 10.5 Å². The SMILES string of the molecule is CCN(CC(O)COc1cccc(N)c1)CC(C)(C)O.